The zero-order valence-electron chi connectivity index (χ0n) is 18.7. The molecule has 7 heteroatoms. The van der Waals surface area contributed by atoms with E-state index in [9.17, 15) is 9.59 Å². The maximum Gasteiger partial charge on any atom is 0.259 e. The lowest BCUT2D eigenvalue weighted by Crippen LogP contribution is -2.30. The van der Waals surface area contributed by atoms with Crippen molar-refractivity contribution in [2.24, 2.45) is 0 Å². The monoisotopic (exact) mass is 442 g/mol. The summed E-state index contributed by atoms with van der Waals surface area (Å²) in [4.78, 5) is 31.9. The second kappa shape index (κ2) is 9.99. The summed E-state index contributed by atoms with van der Waals surface area (Å²) in [5.41, 5.74) is 3.09. The predicted molar refractivity (Wildman–Crippen MR) is 128 cm³/mol. The Labute approximate surface area is 192 Å². The van der Waals surface area contributed by atoms with Crippen molar-refractivity contribution < 1.29 is 14.3 Å². The second-order valence-electron chi connectivity index (χ2n) is 7.50. The first kappa shape index (κ1) is 22.1. The van der Waals surface area contributed by atoms with Gasteiger partial charge < -0.3 is 19.4 Å². The van der Waals surface area contributed by atoms with Crippen molar-refractivity contribution in [3.05, 3.63) is 95.9 Å². The van der Waals surface area contributed by atoms with Gasteiger partial charge >= 0.3 is 0 Å². The number of amides is 2. The number of carbonyl (C=O) groups excluding carboxylic acids is 2. The molecule has 0 aliphatic carbocycles. The molecule has 2 amide bonds. The van der Waals surface area contributed by atoms with Crippen molar-refractivity contribution in [3.8, 4) is 5.75 Å². The fourth-order valence-electron chi connectivity index (χ4n) is 3.61. The zero-order chi connectivity index (χ0) is 23.2. The number of nitrogens with one attached hydrogen (secondary N) is 1. The summed E-state index contributed by atoms with van der Waals surface area (Å²) in [7, 11) is 0. The van der Waals surface area contributed by atoms with E-state index >= 15 is 0 Å². The number of pyridine rings is 1. The molecule has 0 aliphatic heterocycles. The van der Waals surface area contributed by atoms with E-state index in [4.69, 9.17) is 4.74 Å². The number of carbonyl (C=O) groups is 2. The molecule has 0 bridgehead atoms. The van der Waals surface area contributed by atoms with Crippen molar-refractivity contribution in [1.29, 1.82) is 0 Å². The first-order valence-electron chi connectivity index (χ1n) is 10.9. The van der Waals surface area contributed by atoms with Crippen LogP contribution in [-0.2, 0) is 6.61 Å². The number of fused-ring (bicyclic) bond motifs is 1. The minimum absolute atomic E-state index is 0.0627. The van der Waals surface area contributed by atoms with Crippen molar-refractivity contribution in [2.75, 3.05) is 18.4 Å². The van der Waals surface area contributed by atoms with Crippen LogP contribution in [0.15, 0.2) is 79.1 Å². The van der Waals surface area contributed by atoms with E-state index in [1.807, 2.05) is 54.9 Å². The lowest BCUT2D eigenvalue weighted by atomic mass is 10.1. The number of imidazole rings is 1. The first-order chi connectivity index (χ1) is 16.1. The highest BCUT2D eigenvalue weighted by atomic mass is 16.5. The molecular formula is C26H26N4O3. The summed E-state index contributed by atoms with van der Waals surface area (Å²) in [6, 6.07) is 19.8. The summed E-state index contributed by atoms with van der Waals surface area (Å²) in [5, 5.41) is 2.88. The van der Waals surface area contributed by atoms with E-state index in [1.54, 1.807) is 47.4 Å². The summed E-state index contributed by atoms with van der Waals surface area (Å²) in [5.74, 6) is 0.0859. The number of rotatable bonds is 8. The summed E-state index contributed by atoms with van der Waals surface area (Å²) < 4.78 is 7.86. The highest BCUT2D eigenvalue weighted by Gasteiger charge is 2.16. The molecule has 0 saturated heterocycles. The highest BCUT2D eigenvalue weighted by molar-refractivity contribution is 6.06. The number of benzene rings is 2. The van der Waals surface area contributed by atoms with Gasteiger partial charge in [-0.15, -0.1) is 0 Å². The Kier molecular flexibility index (Phi) is 6.69. The molecule has 0 fully saturated rings. The number of para-hydroxylation sites is 1. The Morgan fingerprint density at radius 3 is 2.58 bits per heavy atom. The number of ether oxygens (including phenoxy) is 1. The predicted octanol–water partition coefficient (Wildman–Crippen LogP) is 4.65. The molecule has 0 saturated carbocycles. The third-order valence-electron chi connectivity index (χ3n) is 5.34. The molecule has 1 N–H and O–H groups in total. The minimum Gasteiger partial charge on any atom is -0.486 e. The summed E-state index contributed by atoms with van der Waals surface area (Å²) >= 11 is 0. The summed E-state index contributed by atoms with van der Waals surface area (Å²) in [6.45, 7) is 5.37. The standard InChI is InChI=1S/C26H26N4O3/c1-3-29(4-2)26(32)19-10-9-11-20(16-19)28-25(31)22-12-5-6-13-23(22)33-18-21-17-30-15-8-7-14-24(30)27-21/h5-17H,3-4,18H2,1-2H3,(H,28,31). The Bertz CT molecular complexity index is 1240. The van der Waals surface area contributed by atoms with Crippen LogP contribution in [0.2, 0.25) is 0 Å². The topological polar surface area (TPSA) is 75.9 Å². The Balaban J connectivity index is 1.48. The second-order valence-corrected chi connectivity index (χ2v) is 7.50. The van der Waals surface area contributed by atoms with Crippen molar-refractivity contribution in [3.63, 3.8) is 0 Å². The zero-order valence-corrected chi connectivity index (χ0v) is 18.7. The average Bonchev–Trinajstić information content (AvgIpc) is 3.27. The molecule has 0 atom stereocenters. The van der Waals surface area contributed by atoms with Gasteiger partial charge in [0, 0.05) is 36.7 Å². The van der Waals surface area contributed by atoms with Crippen LogP contribution in [-0.4, -0.2) is 39.2 Å². The van der Waals surface area contributed by atoms with E-state index in [0.29, 0.717) is 35.7 Å². The van der Waals surface area contributed by atoms with E-state index in [0.717, 1.165) is 11.3 Å². The van der Waals surface area contributed by atoms with Gasteiger partial charge in [-0.05, 0) is 56.3 Å². The van der Waals surface area contributed by atoms with E-state index in [-0.39, 0.29) is 18.4 Å². The van der Waals surface area contributed by atoms with Gasteiger partial charge in [0.1, 0.15) is 18.0 Å². The molecule has 2 heterocycles. The smallest absolute Gasteiger partial charge is 0.259 e. The molecule has 7 nitrogen and oxygen atoms in total. The van der Waals surface area contributed by atoms with Crippen LogP contribution in [0.5, 0.6) is 5.75 Å². The molecule has 168 valence electrons. The Morgan fingerprint density at radius 2 is 1.79 bits per heavy atom. The van der Waals surface area contributed by atoms with Gasteiger partial charge in [-0.3, -0.25) is 9.59 Å². The minimum atomic E-state index is -0.312. The Hall–Kier alpha value is -4.13. The van der Waals surface area contributed by atoms with Crippen molar-refractivity contribution in [1.82, 2.24) is 14.3 Å². The van der Waals surface area contributed by atoms with Crippen molar-refractivity contribution in [2.45, 2.75) is 20.5 Å². The van der Waals surface area contributed by atoms with Gasteiger partial charge in [0.15, 0.2) is 0 Å². The fraction of sp³-hybridized carbons (Fsp3) is 0.192. The van der Waals surface area contributed by atoms with Gasteiger partial charge in [0.2, 0.25) is 0 Å². The highest BCUT2D eigenvalue weighted by Crippen LogP contribution is 2.22. The Morgan fingerprint density at radius 1 is 1.00 bits per heavy atom. The van der Waals surface area contributed by atoms with Crippen LogP contribution in [0.25, 0.3) is 5.65 Å². The van der Waals surface area contributed by atoms with Gasteiger partial charge in [0.25, 0.3) is 11.8 Å². The van der Waals surface area contributed by atoms with E-state index < -0.39 is 0 Å². The largest absolute Gasteiger partial charge is 0.486 e. The molecule has 4 rings (SSSR count). The lowest BCUT2D eigenvalue weighted by Gasteiger charge is -2.19. The van der Waals surface area contributed by atoms with Gasteiger partial charge in [0.05, 0.1) is 11.3 Å². The molecular weight excluding hydrogens is 416 g/mol. The van der Waals surface area contributed by atoms with Crippen LogP contribution in [0, 0.1) is 0 Å². The average molecular weight is 443 g/mol. The fourth-order valence-corrected chi connectivity index (χ4v) is 3.61. The maximum absolute atomic E-state index is 13.0. The first-order valence-corrected chi connectivity index (χ1v) is 10.9. The van der Waals surface area contributed by atoms with E-state index in [2.05, 4.69) is 10.3 Å². The molecule has 0 unspecified atom stereocenters. The number of hydrogen-bond donors (Lipinski definition) is 1. The van der Waals surface area contributed by atoms with Crippen LogP contribution in [0.1, 0.15) is 40.3 Å². The van der Waals surface area contributed by atoms with Crippen LogP contribution in [0.4, 0.5) is 5.69 Å². The molecule has 0 spiro atoms. The van der Waals surface area contributed by atoms with Crippen LogP contribution < -0.4 is 10.1 Å². The molecule has 2 aromatic heterocycles. The molecule has 4 aromatic rings. The van der Waals surface area contributed by atoms with Crippen molar-refractivity contribution >= 4 is 23.1 Å². The van der Waals surface area contributed by atoms with Gasteiger partial charge in [-0.1, -0.05) is 24.3 Å². The number of aromatic nitrogens is 2. The lowest BCUT2D eigenvalue weighted by molar-refractivity contribution is 0.0772. The number of hydrogen-bond acceptors (Lipinski definition) is 4. The molecule has 33 heavy (non-hydrogen) atoms. The number of nitrogens with zero attached hydrogens (tertiary/aromatic N) is 3. The van der Waals surface area contributed by atoms with Gasteiger partial charge in [-0.25, -0.2) is 4.98 Å². The quantitative estimate of drug-likeness (QED) is 0.431. The summed E-state index contributed by atoms with van der Waals surface area (Å²) in [6.07, 6.45) is 3.82. The van der Waals surface area contributed by atoms with Crippen LogP contribution in [0.3, 0.4) is 0 Å². The molecule has 2 aromatic carbocycles. The van der Waals surface area contributed by atoms with Gasteiger partial charge in [-0.2, -0.15) is 0 Å². The molecule has 0 radical (unpaired) electrons. The number of anilines is 1. The third-order valence-corrected chi connectivity index (χ3v) is 5.34. The van der Waals surface area contributed by atoms with E-state index in [1.165, 1.54) is 0 Å². The van der Waals surface area contributed by atoms with Crippen LogP contribution >= 0.6 is 0 Å². The maximum atomic E-state index is 13.0. The SMILES string of the molecule is CCN(CC)C(=O)c1cccc(NC(=O)c2ccccc2OCc2cn3ccccc3n2)c1. The third kappa shape index (κ3) is 5.03. The molecule has 0 aliphatic rings. The normalized spacial score (nSPS) is 10.7.